The summed E-state index contributed by atoms with van der Waals surface area (Å²) in [5, 5.41) is 3.40. The second kappa shape index (κ2) is 12.6. The molecule has 1 aromatic carbocycles. The molecule has 1 amide bonds. The molecule has 0 spiro atoms. The number of hydrogen-bond donors (Lipinski definition) is 1. The molecule has 2 heterocycles. The largest absolute Gasteiger partial charge is 0.341 e. The Kier molecular flexibility index (Phi) is 11.2. The molecule has 0 atom stereocenters. The molecular weight excluding hydrogens is 369 g/mol. The fourth-order valence-electron chi connectivity index (χ4n) is 3.88. The highest BCUT2D eigenvalue weighted by atomic mass is 35.5. The van der Waals surface area contributed by atoms with Gasteiger partial charge in [-0.05, 0) is 50.3 Å². The first kappa shape index (κ1) is 23.2. The number of amides is 1. The monoisotopic (exact) mass is 401 g/mol. The van der Waals surface area contributed by atoms with Crippen LogP contribution in [0.1, 0.15) is 37.7 Å². The molecule has 0 aliphatic carbocycles. The Labute approximate surface area is 170 Å². The average molecular weight is 402 g/mol. The summed E-state index contributed by atoms with van der Waals surface area (Å²) < 4.78 is 0. The summed E-state index contributed by atoms with van der Waals surface area (Å²) in [4.78, 5) is 17.1. The molecule has 2 saturated heterocycles. The van der Waals surface area contributed by atoms with Crippen molar-refractivity contribution < 1.29 is 4.79 Å². The zero-order valence-electron chi connectivity index (χ0n) is 15.6. The van der Waals surface area contributed by atoms with Crippen molar-refractivity contribution in [2.75, 3.05) is 39.3 Å². The van der Waals surface area contributed by atoms with E-state index in [2.05, 4.69) is 45.4 Å². The van der Waals surface area contributed by atoms with Crippen LogP contribution in [0.2, 0.25) is 0 Å². The zero-order valence-corrected chi connectivity index (χ0v) is 17.2. The molecule has 1 aromatic rings. The van der Waals surface area contributed by atoms with Crippen molar-refractivity contribution in [3.05, 3.63) is 35.9 Å². The predicted octanol–water partition coefficient (Wildman–Crippen LogP) is 3.34. The lowest BCUT2D eigenvalue weighted by molar-refractivity contribution is -0.131. The maximum atomic E-state index is 12.6. The van der Waals surface area contributed by atoms with Crippen molar-refractivity contribution in [3.63, 3.8) is 0 Å². The molecule has 1 N–H and O–H groups in total. The first-order valence-electron chi connectivity index (χ1n) is 9.56. The third-order valence-electron chi connectivity index (χ3n) is 5.42. The molecule has 26 heavy (non-hydrogen) atoms. The molecule has 2 aliphatic rings. The van der Waals surface area contributed by atoms with Gasteiger partial charge in [0.05, 0.1) is 0 Å². The molecule has 0 radical (unpaired) electrons. The Bertz CT molecular complexity index is 509. The SMILES string of the molecule is Cl.Cl.O=C(CCC1CCNCC1)N1CCCN(Cc2ccccc2)CC1. The van der Waals surface area contributed by atoms with Crippen LogP contribution < -0.4 is 5.32 Å². The average Bonchev–Trinajstić information content (AvgIpc) is 2.87. The van der Waals surface area contributed by atoms with E-state index >= 15 is 0 Å². The number of benzene rings is 1. The Morgan fingerprint density at radius 3 is 2.46 bits per heavy atom. The van der Waals surface area contributed by atoms with Crippen LogP contribution in [0.5, 0.6) is 0 Å². The number of piperidine rings is 1. The predicted molar refractivity (Wildman–Crippen MR) is 112 cm³/mol. The van der Waals surface area contributed by atoms with Crippen molar-refractivity contribution >= 4 is 30.7 Å². The normalized spacial score (nSPS) is 19.2. The van der Waals surface area contributed by atoms with Crippen LogP contribution in [0.3, 0.4) is 0 Å². The van der Waals surface area contributed by atoms with Gasteiger partial charge in [-0.25, -0.2) is 0 Å². The van der Waals surface area contributed by atoms with E-state index in [0.717, 1.165) is 71.0 Å². The maximum Gasteiger partial charge on any atom is 0.222 e. The van der Waals surface area contributed by atoms with Crippen LogP contribution in [0, 0.1) is 5.92 Å². The van der Waals surface area contributed by atoms with E-state index in [-0.39, 0.29) is 24.8 Å². The fourth-order valence-corrected chi connectivity index (χ4v) is 3.88. The standard InChI is InChI=1S/C20H31N3O.2ClH/c24-20(8-7-18-9-11-21-12-10-18)23-14-4-13-22(15-16-23)17-19-5-2-1-3-6-19;;/h1-3,5-6,18,21H,4,7-17H2;2*1H. The van der Waals surface area contributed by atoms with E-state index in [1.54, 1.807) is 0 Å². The van der Waals surface area contributed by atoms with Gasteiger partial charge in [0.1, 0.15) is 0 Å². The first-order valence-corrected chi connectivity index (χ1v) is 9.56. The van der Waals surface area contributed by atoms with Crippen LogP contribution in [0.15, 0.2) is 30.3 Å². The number of hydrogen-bond acceptors (Lipinski definition) is 3. The van der Waals surface area contributed by atoms with Gasteiger partial charge in [0.2, 0.25) is 5.91 Å². The van der Waals surface area contributed by atoms with Gasteiger partial charge in [-0.1, -0.05) is 30.3 Å². The van der Waals surface area contributed by atoms with Gasteiger partial charge in [-0.2, -0.15) is 0 Å². The van der Waals surface area contributed by atoms with Crippen molar-refractivity contribution in [2.24, 2.45) is 5.92 Å². The smallest absolute Gasteiger partial charge is 0.222 e. The summed E-state index contributed by atoms with van der Waals surface area (Å²) >= 11 is 0. The van der Waals surface area contributed by atoms with E-state index in [0.29, 0.717) is 5.91 Å². The molecule has 0 unspecified atom stereocenters. The molecule has 0 bridgehead atoms. The van der Waals surface area contributed by atoms with Crippen LogP contribution in [0.25, 0.3) is 0 Å². The molecule has 2 aliphatic heterocycles. The van der Waals surface area contributed by atoms with E-state index in [1.165, 1.54) is 18.4 Å². The minimum atomic E-state index is 0. The van der Waals surface area contributed by atoms with E-state index in [1.807, 2.05) is 0 Å². The number of nitrogens with one attached hydrogen (secondary N) is 1. The molecule has 0 aromatic heterocycles. The highest BCUT2D eigenvalue weighted by molar-refractivity contribution is 5.85. The highest BCUT2D eigenvalue weighted by Crippen LogP contribution is 2.19. The molecule has 0 saturated carbocycles. The quantitative estimate of drug-likeness (QED) is 0.821. The van der Waals surface area contributed by atoms with Gasteiger partial charge >= 0.3 is 0 Å². The first-order chi connectivity index (χ1) is 11.8. The topological polar surface area (TPSA) is 35.6 Å². The lowest BCUT2D eigenvalue weighted by atomic mass is 9.93. The molecular formula is C20H33Cl2N3O. The Morgan fingerprint density at radius 2 is 1.73 bits per heavy atom. The lowest BCUT2D eigenvalue weighted by Gasteiger charge is -2.25. The second-order valence-electron chi connectivity index (χ2n) is 7.23. The number of carbonyl (C=O) groups excluding carboxylic acids is 1. The van der Waals surface area contributed by atoms with E-state index in [9.17, 15) is 4.79 Å². The minimum Gasteiger partial charge on any atom is -0.341 e. The van der Waals surface area contributed by atoms with Crippen molar-refractivity contribution in [1.82, 2.24) is 15.1 Å². The number of halogens is 2. The maximum absolute atomic E-state index is 12.6. The summed E-state index contributed by atoms with van der Waals surface area (Å²) in [6.07, 6.45) is 5.37. The molecule has 3 rings (SSSR count). The van der Waals surface area contributed by atoms with E-state index < -0.39 is 0 Å². The van der Waals surface area contributed by atoms with Crippen LogP contribution in [-0.4, -0.2) is 55.0 Å². The minimum absolute atomic E-state index is 0. The zero-order chi connectivity index (χ0) is 16.6. The number of rotatable bonds is 5. The van der Waals surface area contributed by atoms with Gasteiger partial charge in [-0.15, -0.1) is 24.8 Å². The number of nitrogens with zero attached hydrogens (tertiary/aromatic N) is 2. The van der Waals surface area contributed by atoms with Gasteiger partial charge in [-0.3, -0.25) is 9.69 Å². The van der Waals surface area contributed by atoms with Gasteiger partial charge in [0.25, 0.3) is 0 Å². The summed E-state index contributed by atoms with van der Waals surface area (Å²) in [7, 11) is 0. The van der Waals surface area contributed by atoms with Crippen LogP contribution >= 0.6 is 24.8 Å². The Balaban J connectivity index is 0.00000169. The third kappa shape index (κ3) is 7.43. The van der Waals surface area contributed by atoms with Gasteiger partial charge in [0.15, 0.2) is 0 Å². The fraction of sp³-hybridized carbons (Fsp3) is 0.650. The second-order valence-corrected chi connectivity index (χ2v) is 7.23. The van der Waals surface area contributed by atoms with Gasteiger partial charge < -0.3 is 10.2 Å². The molecule has 4 nitrogen and oxygen atoms in total. The number of carbonyl (C=O) groups is 1. The third-order valence-corrected chi connectivity index (χ3v) is 5.42. The van der Waals surface area contributed by atoms with Gasteiger partial charge in [0, 0.05) is 39.1 Å². The highest BCUT2D eigenvalue weighted by Gasteiger charge is 2.21. The molecule has 6 heteroatoms. The van der Waals surface area contributed by atoms with Crippen molar-refractivity contribution in [2.45, 2.75) is 38.6 Å². The summed E-state index contributed by atoms with van der Waals surface area (Å²) in [5.41, 5.74) is 1.36. The summed E-state index contributed by atoms with van der Waals surface area (Å²) in [5.74, 6) is 1.12. The van der Waals surface area contributed by atoms with Crippen molar-refractivity contribution in [3.8, 4) is 0 Å². The van der Waals surface area contributed by atoms with E-state index in [4.69, 9.17) is 0 Å². The summed E-state index contributed by atoms with van der Waals surface area (Å²) in [6.45, 7) is 7.14. The molecule has 148 valence electrons. The lowest BCUT2D eigenvalue weighted by Crippen LogP contribution is -2.35. The van der Waals surface area contributed by atoms with Crippen LogP contribution in [-0.2, 0) is 11.3 Å². The van der Waals surface area contributed by atoms with Crippen molar-refractivity contribution in [1.29, 1.82) is 0 Å². The summed E-state index contributed by atoms with van der Waals surface area (Å²) in [6, 6.07) is 10.6. The Morgan fingerprint density at radius 1 is 1.00 bits per heavy atom. The van der Waals surface area contributed by atoms with Crippen LogP contribution in [0.4, 0.5) is 0 Å². The molecule has 2 fully saturated rings. The Hall–Kier alpha value is -0.810.